The molecule has 1 saturated heterocycles. The minimum absolute atomic E-state index is 0.145. The van der Waals surface area contributed by atoms with Gasteiger partial charge >= 0.3 is 0 Å². The highest BCUT2D eigenvalue weighted by molar-refractivity contribution is 7.88. The summed E-state index contributed by atoms with van der Waals surface area (Å²) in [6, 6.07) is -0.887. The average Bonchev–Trinajstić information content (AvgIpc) is 2.74. The van der Waals surface area contributed by atoms with E-state index in [1.165, 1.54) is 17.7 Å². The van der Waals surface area contributed by atoms with E-state index < -0.39 is 16.1 Å². The summed E-state index contributed by atoms with van der Waals surface area (Å²) in [6.45, 7) is 0.957. The molecule has 1 aliphatic rings. The van der Waals surface area contributed by atoms with Crippen LogP contribution in [0.5, 0.6) is 0 Å². The molecule has 106 valence electrons. The molecule has 2 atom stereocenters. The molecule has 1 rings (SSSR count). The van der Waals surface area contributed by atoms with Gasteiger partial charge in [-0.25, -0.2) is 8.42 Å². The number of methoxy groups -OCH3 is 1. The molecular formula is C10H21N3O4S. The van der Waals surface area contributed by atoms with Crippen LogP contribution in [0, 0.1) is 0 Å². The van der Waals surface area contributed by atoms with Crippen LogP contribution in [0.15, 0.2) is 0 Å². The summed E-state index contributed by atoms with van der Waals surface area (Å²) in [4.78, 5) is 11.6. The monoisotopic (exact) mass is 279 g/mol. The fourth-order valence-electron chi connectivity index (χ4n) is 2.05. The Balaban J connectivity index is 2.46. The maximum absolute atomic E-state index is 11.6. The topological polar surface area (TPSA) is 102 Å². The Kier molecular flexibility index (Phi) is 5.51. The number of hydrogen-bond acceptors (Lipinski definition) is 5. The lowest BCUT2D eigenvalue weighted by Crippen LogP contribution is -2.48. The van der Waals surface area contributed by atoms with Gasteiger partial charge in [-0.2, -0.15) is 4.31 Å². The van der Waals surface area contributed by atoms with Crippen molar-refractivity contribution in [3.8, 4) is 0 Å². The van der Waals surface area contributed by atoms with Crippen LogP contribution in [-0.4, -0.2) is 63.8 Å². The van der Waals surface area contributed by atoms with Crippen molar-refractivity contribution in [3.63, 3.8) is 0 Å². The van der Waals surface area contributed by atoms with E-state index in [-0.39, 0.29) is 18.6 Å². The fraction of sp³-hybridized carbons (Fsp3) is 0.900. The Bertz CT molecular complexity index is 385. The van der Waals surface area contributed by atoms with Gasteiger partial charge in [0.15, 0.2) is 0 Å². The van der Waals surface area contributed by atoms with Gasteiger partial charge in [-0.3, -0.25) is 4.79 Å². The van der Waals surface area contributed by atoms with Gasteiger partial charge in [0.25, 0.3) is 0 Å². The molecule has 0 aromatic rings. The Labute approximate surface area is 108 Å². The Morgan fingerprint density at radius 3 is 2.83 bits per heavy atom. The van der Waals surface area contributed by atoms with E-state index in [1.54, 1.807) is 0 Å². The Morgan fingerprint density at radius 2 is 2.28 bits per heavy atom. The predicted molar refractivity (Wildman–Crippen MR) is 67.4 cm³/mol. The number of rotatable bonds is 6. The lowest BCUT2D eigenvalue weighted by Gasteiger charge is -2.23. The van der Waals surface area contributed by atoms with Gasteiger partial charge in [0.2, 0.25) is 15.9 Å². The normalized spacial score (nSPS) is 22.9. The van der Waals surface area contributed by atoms with E-state index in [9.17, 15) is 13.2 Å². The smallest absolute Gasteiger partial charge is 0.239 e. The van der Waals surface area contributed by atoms with Crippen LogP contribution in [0.2, 0.25) is 0 Å². The molecule has 1 fully saturated rings. The van der Waals surface area contributed by atoms with Gasteiger partial charge in [0.05, 0.1) is 12.9 Å². The lowest BCUT2D eigenvalue weighted by atomic mass is 10.2. The van der Waals surface area contributed by atoms with Crippen LogP contribution in [0.3, 0.4) is 0 Å². The van der Waals surface area contributed by atoms with E-state index >= 15 is 0 Å². The second-order valence-electron chi connectivity index (χ2n) is 4.48. The molecule has 0 radical (unpaired) electrons. The van der Waals surface area contributed by atoms with E-state index in [0.717, 1.165) is 12.8 Å². The molecule has 7 nitrogen and oxygen atoms in total. The first-order valence-corrected chi connectivity index (χ1v) is 7.70. The summed E-state index contributed by atoms with van der Waals surface area (Å²) >= 11 is 0. The van der Waals surface area contributed by atoms with Crippen molar-refractivity contribution < 1.29 is 17.9 Å². The summed E-state index contributed by atoms with van der Waals surface area (Å²) in [6.07, 6.45) is 2.76. The molecule has 8 heteroatoms. The molecule has 0 aliphatic carbocycles. The van der Waals surface area contributed by atoms with Gasteiger partial charge in [0.1, 0.15) is 6.04 Å². The van der Waals surface area contributed by atoms with Gasteiger partial charge in [-0.15, -0.1) is 0 Å². The van der Waals surface area contributed by atoms with Crippen molar-refractivity contribution in [3.05, 3.63) is 0 Å². The first-order chi connectivity index (χ1) is 8.36. The van der Waals surface area contributed by atoms with Crippen LogP contribution >= 0.6 is 0 Å². The van der Waals surface area contributed by atoms with Crippen molar-refractivity contribution in [2.24, 2.45) is 5.73 Å². The van der Waals surface area contributed by atoms with E-state index in [1.807, 2.05) is 0 Å². The first kappa shape index (κ1) is 15.4. The maximum atomic E-state index is 11.6. The highest BCUT2D eigenvalue weighted by Crippen LogP contribution is 2.19. The molecule has 1 amide bonds. The van der Waals surface area contributed by atoms with Crippen molar-refractivity contribution in [2.45, 2.75) is 24.9 Å². The summed E-state index contributed by atoms with van der Waals surface area (Å²) in [5.74, 6) is -0.322. The summed E-state index contributed by atoms with van der Waals surface area (Å²) < 4.78 is 29.2. The van der Waals surface area contributed by atoms with Gasteiger partial charge in [-0.1, -0.05) is 0 Å². The van der Waals surface area contributed by atoms with Crippen molar-refractivity contribution in [1.82, 2.24) is 9.62 Å². The average molecular weight is 279 g/mol. The number of nitrogens with two attached hydrogens (primary N) is 1. The molecule has 0 spiro atoms. The van der Waals surface area contributed by atoms with Crippen LogP contribution in [0.25, 0.3) is 0 Å². The van der Waals surface area contributed by atoms with E-state index in [4.69, 9.17) is 10.5 Å². The van der Waals surface area contributed by atoms with Gasteiger partial charge in [-0.05, 0) is 12.8 Å². The number of carbonyl (C=O) groups is 1. The number of amides is 1. The predicted octanol–water partition coefficient (Wildman–Crippen LogP) is -1.50. The van der Waals surface area contributed by atoms with Crippen LogP contribution < -0.4 is 11.1 Å². The third-order valence-corrected chi connectivity index (χ3v) is 4.28. The van der Waals surface area contributed by atoms with Crippen LogP contribution in [0.4, 0.5) is 0 Å². The molecule has 3 N–H and O–H groups in total. The number of hydrogen-bond donors (Lipinski definition) is 2. The van der Waals surface area contributed by atoms with Crippen molar-refractivity contribution in [2.75, 3.05) is 33.1 Å². The number of nitrogens with one attached hydrogen (secondary N) is 1. The summed E-state index contributed by atoms with van der Waals surface area (Å²) in [5.41, 5.74) is 5.56. The molecule has 0 aromatic carbocycles. The highest BCUT2D eigenvalue weighted by Gasteiger charge is 2.31. The molecule has 0 aromatic heterocycles. The lowest BCUT2D eigenvalue weighted by molar-refractivity contribution is -0.123. The summed E-state index contributed by atoms with van der Waals surface area (Å²) in [7, 11) is -1.74. The zero-order chi connectivity index (χ0) is 13.8. The first-order valence-electron chi connectivity index (χ1n) is 5.85. The minimum atomic E-state index is -3.20. The number of carbonyl (C=O) groups excluding carboxylic acids is 1. The zero-order valence-corrected chi connectivity index (χ0v) is 11.6. The van der Waals surface area contributed by atoms with Crippen molar-refractivity contribution >= 4 is 15.9 Å². The molecular weight excluding hydrogens is 258 g/mol. The third-order valence-electron chi connectivity index (χ3n) is 2.94. The standard InChI is InChI=1S/C10H21N3O4S/c1-17-7-9(11)10(14)12-6-8-4-3-5-13(8)18(2,15)16/h8-9H,3-7,11H2,1-2H3,(H,12,14)/t8-,9?/m1/s1. The number of ether oxygens (including phenoxy) is 1. The third kappa shape index (κ3) is 4.20. The maximum Gasteiger partial charge on any atom is 0.239 e. The molecule has 18 heavy (non-hydrogen) atoms. The molecule has 1 heterocycles. The largest absolute Gasteiger partial charge is 0.383 e. The van der Waals surface area contributed by atoms with E-state index in [0.29, 0.717) is 13.1 Å². The molecule has 1 unspecified atom stereocenters. The van der Waals surface area contributed by atoms with E-state index in [2.05, 4.69) is 5.32 Å². The number of nitrogens with zero attached hydrogens (tertiary/aromatic N) is 1. The van der Waals surface area contributed by atoms with Crippen LogP contribution in [0.1, 0.15) is 12.8 Å². The quantitative estimate of drug-likeness (QED) is 0.616. The fourth-order valence-corrected chi connectivity index (χ4v) is 3.24. The molecule has 0 bridgehead atoms. The second kappa shape index (κ2) is 6.46. The van der Waals surface area contributed by atoms with Crippen LogP contribution in [-0.2, 0) is 19.6 Å². The molecule has 0 saturated carbocycles. The minimum Gasteiger partial charge on any atom is -0.383 e. The number of sulfonamides is 1. The second-order valence-corrected chi connectivity index (χ2v) is 6.41. The Hall–Kier alpha value is -0.700. The molecule has 1 aliphatic heterocycles. The zero-order valence-electron chi connectivity index (χ0n) is 10.8. The Morgan fingerprint density at radius 1 is 1.61 bits per heavy atom. The highest BCUT2D eigenvalue weighted by atomic mass is 32.2. The van der Waals surface area contributed by atoms with Gasteiger partial charge in [0, 0.05) is 26.2 Å². The SMILES string of the molecule is COCC(N)C(=O)NC[C@H]1CCCN1S(C)(=O)=O. The van der Waals surface area contributed by atoms with Crippen molar-refractivity contribution in [1.29, 1.82) is 0 Å². The summed E-state index contributed by atoms with van der Waals surface area (Å²) in [5, 5.41) is 2.66. The van der Waals surface area contributed by atoms with Gasteiger partial charge < -0.3 is 15.8 Å².